The van der Waals surface area contributed by atoms with Gasteiger partial charge in [0.05, 0.1) is 12.7 Å². The normalized spacial score (nSPS) is 14.1. The number of nitrogens with two attached hydrogens (primary N) is 1. The van der Waals surface area contributed by atoms with Crippen LogP contribution in [0.25, 0.3) is 0 Å². The minimum absolute atomic E-state index is 0.267. The van der Waals surface area contributed by atoms with Gasteiger partial charge in [0.25, 0.3) is 0 Å². The van der Waals surface area contributed by atoms with Crippen LogP contribution in [0.3, 0.4) is 0 Å². The Labute approximate surface area is 100.0 Å². The molecule has 0 aromatic heterocycles. The highest BCUT2D eigenvalue weighted by Gasteiger charge is 2.20. The van der Waals surface area contributed by atoms with Crippen molar-refractivity contribution in [2.24, 2.45) is 5.73 Å². The first-order valence-corrected chi connectivity index (χ1v) is 5.38. The highest BCUT2D eigenvalue weighted by Crippen LogP contribution is 2.07. The number of likely N-dealkylation sites (N-methyl/N-ethyl adjacent to an activating group) is 1. The fraction of sp³-hybridized carbons (Fsp3) is 0.417. The molecule has 5 heteroatoms. The lowest BCUT2D eigenvalue weighted by molar-refractivity contribution is -0.125. The van der Waals surface area contributed by atoms with E-state index in [9.17, 15) is 9.18 Å². The lowest BCUT2D eigenvalue weighted by atomic mass is 10.2. The summed E-state index contributed by atoms with van der Waals surface area (Å²) in [7, 11) is 1.52. The first kappa shape index (κ1) is 13.6. The van der Waals surface area contributed by atoms with Crippen molar-refractivity contribution in [3.05, 3.63) is 35.6 Å². The van der Waals surface area contributed by atoms with Gasteiger partial charge in [0, 0.05) is 7.05 Å². The molecule has 1 amide bonds. The number of hydrogen-bond acceptors (Lipinski definition) is 3. The van der Waals surface area contributed by atoms with Crippen molar-refractivity contribution < 1.29 is 13.9 Å². The van der Waals surface area contributed by atoms with Crippen molar-refractivity contribution in [2.75, 3.05) is 7.05 Å². The van der Waals surface area contributed by atoms with Gasteiger partial charge in [-0.2, -0.15) is 0 Å². The van der Waals surface area contributed by atoms with E-state index in [0.29, 0.717) is 6.61 Å². The summed E-state index contributed by atoms with van der Waals surface area (Å²) in [6.07, 6.45) is -0.403. The van der Waals surface area contributed by atoms with Crippen LogP contribution in [0.5, 0.6) is 0 Å². The number of amides is 1. The minimum Gasteiger partial charge on any atom is -0.372 e. The first-order chi connectivity index (χ1) is 8.04. The summed E-state index contributed by atoms with van der Waals surface area (Å²) >= 11 is 0. The van der Waals surface area contributed by atoms with Gasteiger partial charge in [0.2, 0.25) is 5.91 Å². The summed E-state index contributed by atoms with van der Waals surface area (Å²) in [6, 6.07) is 5.28. The summed E-state index contributed by atoms with van der Waals surface area (Å²) in [4.78, 5) is 11.2. The molecular weight excluding hydrogens is 223 g/mol. The number of ether oxygens (including phenoxy) is 1. The van der Waals surface area contributed by atoms with Crippen molar-refractivity contribution in [2.45, 2.75) is 25.7 Å². The quantitative estimate of drug-likeness (QED) is 0.800. The van der Waals surface area contributed by atoms with E-state index in [0.717, 1.165) is 5.56 Å². The molecule has 94 valence electrons. The van der Waals surface area contributed by atoms with Crippen LogP contribution in [0.2, 0.25) is 0 Å². The highest BCUT2D eigenvalue weighted by molar-refractivity contribution is 5.81. The average molecular weight is 240 g/mol. The molecule has 0 bridgehead atoms. The van der Waals surface area contributed by atoms with E-state index >= 15 is 0 Å². The van der Waals surface area contributed by atoms with E-state index in [-0.39, 0.29) is 11.7 Å². The van der Waals surface area contributed by atoms with Gasteiger partial charge in [-0.15, -0.1) is 0 Å². The first-order valence-electron chi connectivity index (χ1n) is 5.38. The molecule has 0 saturated heterocycles. The number of carbonyl (C=O) groups is 1. The number of benzene rings is 1. The number of halogens is 1. The lowest BCUT2D eigenvalue weighted by Crippen LogP contribution is -2.46. The summed E-state index contributed by atoms with van der Waals surface area (Å²) in [5.74, 6) is -0.555. The van der Waals surface area contributed by atoms with Crippen molar-refractivity contribution >= 4 is 5.91 Å². The molecule has 17 heavy (non-hydrogen) atoms. The zero-order valence-electron chi connectivity index (χ0n) is 9.94. The summed E-state index contributed by atoms with van der Waals surface area (Å²) in [5, 5.41) is 2.46. The minimum atomic E-state index is -0.708. The third kappa shape index (κ3) is 4.13. The standard InChI is InChI=1S/C12H17FN2O2/c1-8(11(14)12(16)15-2)17-7-9-3-5-10(13)6-4-9/h3-6,8,11H,7,14H2,1-2H3,(H,15,16). The maximum Gasteiger partial charge on any atom is 0.239 e. The smallest absolute Gasteiger partial charge is 0.239 e. The zero-order valence-corrected chi connectivity index (χ0v) is 9.94. The van der Waals surface area contributed by atoms with Gasteiger partial charge in [-0.05, 0) is 24.6 Å². The Balaban J connectivity index is 2.45. The molecule has 2 atom stereocenters. The van der Waals surface area contributed by atoms with Crippen LogP contribution in [0.1, 0.15) is 12.5 Å². The Hall–Kier alpha value is -1.46. The predicted molar refractivity (Wildman–Crippen MR) is 62.7 cm³/mol. The van der Waals surface area contributed by atoms with Crippen LogP contribution in [-0.2, 0) is 16.1 Å². The maximum atomic E-state index is 12.7. The van der Waals surface area contributed by atoms with E-state index in [1.54, 1.807) is 19.1 Å². The van der Waals surface area contributed by atoms with E-state index in [1.807, 2.05) is 0 Å². The van der Waals surface area contributed by atoms with Crippen LogP contribution in [-0.4, -0.2) is 25.1 Å². The monoisotopic (exact) mass is 240 g/mol. The van der Waals surface area contributed by atoms with Crippen molar-refractivity contribution in [1.82, 2.24) is 5.32 Å². The van der Waals surface area contributed by atoms with Crippen molar-refractivity contribution in [3.8, 4) is 0 Å². The van der Waals surface area contributed by atoms with Crippen molar-refractivity contribution in [1.29, 1.82) is 0 Å². The Morgan fingerprint density at radius 3 is 2.59 bits per heavy atom. The largest absolute Gasteiger partial charge is 0.372 e. The summed E-state index contributed by atoms with van der Waals surface area (Å²) < 4.78 is 18.1. The molecule has 0 radical (unpaired) electrons. The molecule has 1 aromatic rings. The molecule has 3 N–H and O–H groups in total. The Kier molecular flexibility index (Phi) is 5.06. The second kappa shape index (κ2) is 6.32. The fourth-order valence-corrected chi connectivity index (χ4v) is 1.29. The molecule has 0 heterocycles. The molecule has 4 nitrogen and oxygen atoms in total. The number of carbonyl (C=O) groups excluding carboxylic acids is 1. The van der Waals surface area contributed by atoms with Gasteiger partial charge in [-0.3, -0.25) is 4.79 Å². The highest BCUT2D eigenvalue weighted by atomic mass is 19.1. The predicted octanol–water partition coefficient (Wildman–Crippen LogP) is 0.804. The fourth-order valence-electron chi connectivity index (χ4n) is 1.29. The van der Waals surface area contributed by atoms with Gasteiger partial charge in [0.1, 0.15) is 11.9 Å². The summed E-state index contributed by atoms with van der Waals surface area (Å²) in [6.45, 7) is 2.02. The molecule has 1 aromatic carbocycles. The number of rotatable bonds is 5. The number of nitrogens with one attached hydrogen (secondary N) is 1. The van der Waals surface area contributed by atoms with Crippen LogP contribution in [0.4, 0.5) is 4.39 Å². The lowest BCUT2D eigenvalue weighted by Gasteiger charge is -2.19. The molecule has 0 fully saturated rings. The topological polar surface area (TPSA) is 64.4 Å². The molecule has 2 unspecified atom stereocenters. The Bertz CT molecular complexity index is 367. The SMILES string of the molecule is CNC(=O)C(N)C(C)OCc1ccc(F)cc1. The second-order valence-electron chi connectivity index (χ2n) is 3.78. The zero-order chi connectivity index (χ0) is 12.8. The molecular formula is C12H17FN2O2. The molecule has 0 saturated carbocycles. The van der Waals surface area contributed by atoms with E-state index in [1.165, 1.54) is 19.2 Å². The maximum absolute atomic E-state index is 12.7. The average Bonchev–Trinajstić information content (AvgIpc) is 2.35. The van der Waals surface area contributed by atoms with Crippen LogP contribution in [0, 0.1) is 5.82 Å². The molecule has 0 aliphatic rings. The van der Waals surface area contributed by atoms with Crippen molar-refractivity contribution in [3.63, 3.8) is 0 Å². The van der Waals surface area contributed by atoms with Gasteiger partial charge in [-0.25, -0.2) is 4.39 Å². The van der Waals surface area contributed by atoms with Gasteiger partial charge in [-0.1, -0.05) is 12.1 Å². The molecule has 0 aliphatic heterocycles. The molecule has 0 aliphatic carbocycles. The Morgan fingerprint density at radius 2 is 2.06 bits per heavy atom. The Morgan fingerprint density at radius 1 is 1.47 bits per heavy atom. The van der Waals surface area contributed by atoms with Gasteiger partial charge < -0.3 is 15.8 Å². The molecule has 1 rings (SSSR count). The second-order valence-corrected chi connectivity index (χ2v) is 3.78. The van der Waals surface area contributed by atoms with Crippen LogP contribution < -0.4 is 11.1 Å². The van der Waals surface area contributed by atoms with E-state index in [4.69, 9.17) is 10.5 Å². The van der Waals surface area contributed by atoms with Crippen LogP contribution >= 0.6 is 0 Å². The van der Waals surface area contributed by atoms with Gasteiger partial charge in [0.15, 0.2) is 0 Å². The third-order valence-corrected chi connectivity index (χ3v) is 2.48. The van der Waals surface area contributed by atoms with E-state index < -0.39 is 12.1 Å². The third-order valence-electron chi connectivity index (χ3n) is 2.48. The number of hydrogen-bond donors (Lipinski definition) is 2. The summed E-state index contributed by atoms with van der Waals surface area (Å²) in [5.41, 5.74) is 6.50. The van der Waals surface area contributed by atoms with Gasteiger partial charge >= 0.3 is 0 Å². The van der Waals surface area contributed by atoms with Crippen LogP contribution in [0.15, 0.2) is 24.3 Å². The van der Waals surface area contributed by atoms with E-state index in [2.05, 4.69) is 5.32 Å². The molecule has 0 spiro atoms.